The van der Waals surface area contributed by atoms with Gasteiger partial charge in [-0.15, -0.1) is 0 Å². The van der Waals surface area contributed by atoms with E-state index in [4.69, 9.17) is 18.9 Å². The number of esters is 2. The van der Waals surface area contributed by atoms with Crippen LogP contribution in [0.4, 0.5) is 0 Å². The molecule has 1 rings (SSSR count). The van der Waals surface area contributed by atoms with Crippen molar-refractivity contribution in [2.45, 2.75) is 256 Å². The first-order valence-corrected chi connectivity index (χ1v) is 24.4. The van der Waals surface area contributed by atoms with E-state index in [0.29, 0.717) is 6.42 Å². The Labute approximate surface area is 360 Å². The molecule has 0 saturated carbocycles. The van der Waals surface area contributed by atoms with E-state index in [2.05, 4.69) is 38.2 Å². The van der Waals surface area contributed by atoms with Gasteiger partial charge in [-0.2, -0.15) is 0 Å². The Balaban J connectivity index is 2.26. The Morgan fingerprint density at radius 2 is 0.966 bits per heavy atom. The van der Waals surface area contributed by atoms with Gasteiger partial charge in [0.15, 0.2) is 12.4 Å². The van der Waals surface area contributed by atoms with E-state index in [1.165, 1.54) is 122 Å². The van der Waals surface area contributed by atoms with Crippen molar-refractivity contribution in [3.63, 3.8) is 0 Å². The minimum absolute atomic E-state index is 0.216. The molecule has 346 valence electrons. The first-order valence-electron chi connectivity index (χ1n) is 24.4. The fraction of sp³-hybridized carbons (Fsp3) is 0.878. The van der Waals surface area contributed by atoms with Gasteiger partial charge in [-0.05, 0) is 38.5 Å². The topological polar surface area (TPSA) is 152 Å². The third kappa shape index (κ3) is 31.7. The Hall–Kier alpha value is -1.82. The van der Waals surface area contributed by atoms with E-state index < -0.39 is 49.4 Å². The molecule has 0 aromatic carbocycles. The van der Waals surface area contributed by atoms with E-state index in [9.17, 15) is 30.0 Å². The lowest BCUT2D eigenvalue weighted by molar-refractivity contribution is -0.305. The van der Waals surface area contributed by atoms with Gasteiger partial charge in [-0.1, -0.05) is 192 Å². The van der Waals surface area contributed by atoms with Gasteiger partial charge in [0.05, 0.1) is 13.2 Å². The van der Waals surface area contributed by atoms with Gasteiger partial charge < -0.3 is 39.4 Å². The molecular weight excluding hydrogens is 749 g/mol. The summed E-state index contributed by atoms with van der Waals surface area (Å²) in [6, 6.07) is 0. The van der Waals surface area contributed by atoms with Crippen LogP contribution in [0.15, 0.2) is 24.3 Å². The number of rotatable bonds is 41. The SMILES string of the molecule is CCCC/C=C\C/C=C\CCCCCCCC(=O)OC(COC(=O)CCCCCCCCCCCCCCCCCCCCCC)COC1OC(CO)C(O)C(O)C1O. The predicted molar refractivity (Wildman–Crippen MR) is 238 cm³/mol. The third-order valence-electron chi connectivity index (χ3n) is 11.3. The molecule has 4 N–H and O–H groups in total. The molecule has 6 atom stereocenters. The molecule has 0 aromatic rings. The van der Waals surface area contributed by atoms with Crippen molar-refractivity contribution >= 4 is 11.9 Å². The maximum atomic E-state index is 12.8. The maximum absolute atomic E-state index is 12.8. The van der Waals surface area contributed by atoms with Gasteiger partial charge in [0.1, 0.15) is 31.0 Å². The van der Waals surface area contributed by atoms with Crippen LogP contribution in [0.2, 0.25) is 0 Å². The zero-order valence-electron chi connectivity index (χ0n) is 37.8. The molecule has 59 heavy (non-hydrogen) atoms. The summed E-state index contributed by atoms with van der Waals surface area (Å²) in [5, 5.41) is 40.1. The summed E-state index contributed by atoms with van der Waals surface area (Å²) in [4.78, 5) is 25.4. The van der Waals surface area contributed by atoms with Crippen molar-refractivity contribution in [2.24, 2.45) is 0 Å². The highest BCUT2D eigenvalue weighted by molar-refractivity contribution is 5.70. The lowest BCUT2D eigenvalue weighted by atomic mass is 9.99. The minimum Gasteiger partial charge on any atom is -0.462 e. The molecule has 10 nitrogen and oxygen atoms in total. The molecule has 1 fully saturated rings. The third-order valence-corrected chi connectivity index (χ3v) is 11.3. The van der Waals surface area contributed by atoms with Gasteiger partial charge in [0.25, 0.3) is 0 Å². The molecule has 1 aliphatic rings. The molecule has 1 saturated heterocycles. The Morgan fingerprint density at radius 3 is 1.46 bits per heavy atom. The largest absolute Gasteiger partial charge is 0.462 e. The van der Waals surface area contributed by atoms with E-state index in [1.807, 2.05) is 0 Å². The number of hydrogen-bond acceptors (Lipinski definition) is 10. The van der Waals surface area contributed by atoms with E-state index in [1.54, 1.807) is 0 Å². The normalized spacial score (nSPS) is 20.1. The van der Waals surface area contributed by atoms with Crippen molar-refractivity contribution < 1.29 is 49.0 Å². The zero-order valence-corrected chi connectivity index (χ0v) is 37.8. The van der Waals surface area contributed by atoms with E-state index >= 15 is 0 Å². The van der Waals surface area contributed by atoms with Crippen LogP contribution in [0.1, 0.15) is 219 Å². The minimum atomic E-state index is -1.60. The van der Waals surface area contributed by atoms with Crippen molar-refractivity contribution in [3.8, 4) is 0 Å². The average molecular weight is 839 g/mol. The highest BCUT2D eigenvalue weighted by atomic mass is 16.7. The van der Waals surface area contributed by atoms with Crippen LogP contribution in [-0.2, 0) is 28.5 Å². The molecular formula is C49H90O10. The Kier molecular flexibility index (Phi) is 37.7. The zero-order chi connectivity index (χ0) is 43.0. The summed E-state index contributed by atoms with van der Waals surface area (Å²) >= 11 is 0. The molecule has 0 amide bonds. The predicted octanol–water partition coefficient (Wildman–Crippen LogP) is 10.9. The fourth-order valence-electron chi connectivity index (χ4n) is 7.44. The van der Waals surface area contributed by atoms with Crippen LogP contribution in [0.5, 0.6) is 0 Å². The molecule has 1 aliphatic heterocycles. The fourth-order valence-corrected chi connectivity index (χ4v) is 7.44. The molecule has 0 radical (unpaired) electrons. The monoisotopic (exact) mass is 839 g/mol. The highest BCUT2D eigenvalue weighted by Gasteiger charge is 2.44. The van der Waals surface area contributed by atoms with Crippen molar-refractivity contribution in [1.82, 2.24) is 0 Å². The molecule has 0 spiro atoms. The summed E-state index contributed by atoms with van der Waals surface area (Å²) in [5.41, 5.74) is 0. The molecule has 0 aliphatic carbocycles. The Morgan fingerprint density at radius 1 is 0.525 bits per heavy atom. The van der Waals surface area contributed by atoms with Crippen molar-refractivity contribution in [2.75, 3.05) is 19.8 Å². The number of carbonyl (C=O) groups is 2. The first-order chi connectivity index (χ1) is 28.8. The number of aliphatic hydroxyl groups excluding tert-OH is 4. The van der Waals surface area contributed by atoms with Gasteiger partial charge in [0.2, 0.25) is 0 Å². The molecule has 1 heterocycles. The van der Waals surface area contributed by atoms with Crippen LogP contribution in [0.3, 0.4) is 0 Å². The Bertz CT molecular complexity index is 1020. The standard InChI is InChI=1S/C49H90O10/c1-3-5-7-9-11-13-15-17-19-20-21-22-23-24-26-27-29-31-33-35-37-44(51)56-40-42(41-57-49-48(55)47(54)46(53)43(39-50)59-49)58-45(52)38-36-34-32-30-28-25-18-16-14-12-10-8-6-4-2/h10,12,16,18,42-43,46-50,53-55H,3-9,11,13-15,17,19-41H2,1-2H3/b12-10-,18-16-. The van der Waals surface area contributed by atoms with E-state index in [-0.39, 0.29) is 32.0 Å². The van der Waals surface area contributed by atoms with Gasteiger partial charge in [-0.25, -0.2) is 0 Å². The second-order valence-electron chi connectivity index (χ2n) is 16.9. The van der Waals surface area contributed by atoms with Gasteiger partial charge >= 0.3 is 11.9 Å². The van der Waals surface area contributed by atoms with Crippen molar-refractivity contribution in [3.05, 3.63) is 24.3 Å². The molecule has 10 heteroatoms. The smallest absolute Gasteiger partial charge is 0.306 e. The number of carbonyl (C=O) groups excluding carboxylic acids is 2. The van der Waals surface area contributed by atoms with Crippen LogP contribution < -0.4 is 0 Å². The number of aliphatic hydroxyl groups is 4. The highest BCUT2D eigenvalue weighted by Crippen LogP contribution is 2.23. The quantitative estimate of drug-likeness (QED) is 0.0266. The average Bonchev–Trinajstić information content (AvgIpc) is 3.23. The maximum Gasteiger partial charge on any atom is 0.306 e. The van der Waals surface area contributed by atoms with Crippen molar-refractivity contribution in [1.29, 1.82) is 0 Å². The first kappa shape index (κ1) is 55.2. The van der Waals surface area contributed by atoms with E-state index in [0.717, 1.165) is 64.2 Å². The van der Waals surface area contributed by atoms with Crippen LogP contribution >= 0.6 is 0 Å². The summed E-state index contributed by atoms with van der Waals surface area (Å²) < 4.78 is 22.2. The van der Waals surface area contributed by atoms with Crippen LogP contribution in [0.25, 0.3) is 0 Å². The summed E-state index contributed by atoms with van der Waals surface area (Å²) in [5.74, 6) is -0.813. The lowest BCUT2D eigenvalue weighted by Crippen LogP contribution is -2.59. The molecule has 6 unspecified atom stereocenters. The van der Waals surface area contributed by atoms with Gasteiger partial charge in [0, 0.05) is 12.8 Å². The lowest BCUT2D eigenvalue weighted by Gasteiger charge is -2.39. The second kappa shape index (κ2) is 40.3. The molecule has 0 aromatic heterocycles. The van der Waals surface area contributed by atoms with Crippen LogP contribution in [0, 0.1) is 0 Å². The number of hydrogen-bond donors (Lipinski definition) is 4. The summed E-state index contributed by atoms with van der Waals surface area (Å²) in [7, 11) is 0. The second-order valence-corrected chi connectivity index (χ2v) is 16.9. The van der Waals surface area contributed by atoms with Gasteiger partial charge in [-0.3, -0.25) is 9.59 Å². The number of ether oxygens (including phenoxy) is 4. The molecule has 0 bridgehead atoms. The van der Waals surface area contributed by atoms with Crippen LogP contribution in [-0.4, -0.2) is 89.0 Å². The summed E-state index contributed by atoms with van der Waals surface area (Å²) in [6.07, 6.45) is 37.6. The number of unbranched alkanes of at least 4 members (excludes halogenated alkanes) is 26. The summed E-state index contributed by atoms with van der Waals surface area (Å²) in [6.45, 7) is 3.39. The number of allylic oxidation sites excluding steroid dienone is 4.